The summed E-state index contributed by atoms with van der Waals surface area (Å²) in [6.45, 7) is 12.2. The Balaban J connectivity index is 0.697. The second-order valence-electron chi connectivity index (χ2n) is 26.0. The van der Waals surface area contributed by atoms with Crippen LogP contribution in [-0.4, -0.2) is 166 Å². The molecule has 0 radical (unpaired) electrons. The van der Waals surface area contributed by atoms with Gasteiger partial charge in [-0.25, -0.2) is 14.6 Å². The highest BCUT2D eigenvalue weighted by Crippen LogP contribution is 2.40. The summed E-state index contributed by atoms with van der Waals surface area (Å²) in [5, 5.41) is 31.8. The average molecular weight is 1480 g/mol. The van der Waals surface area contributed by atoms with Crippen molar-refractivity contribution in [2.24, 2.45) is 11.7 Å². The number of aryl methyl sites for hydroxylation is 1. The fourth-order valence-corrected chi connectivity index (χ4v) is 12.5. The quantitative estimate of drug-likeness (QED) is 0.0145. The van der Waals surface area contributed by atoms with Gasteiger partial charge >= 0.3 is 18.1 Å². The molecule has 0 bridgehead atoms. The monoisotopic (exact) mass is 1480 g/mol. The predicted molar refractivity (Wildman–Crippen MR) is 400 cm³/mol. The van der Waals surface area contributed by atoms with Crippen molar-refractivity contribution in [2.45, 2.75) is 137 Å². The molecular weight excluding hydrogens is 1380 g/mol. The number of hydrogen-bond donors (Lipinski definition) is 9. The van der Waals surface area contributed by atoms with Crippen molar-refractivity contribution in [2.75, 3.05) is 96.4 Å². The van der Waals surface area contributed by atoms with E-state index >= 15 is 0 Å². The van der Waals surface area contributed by atoms with Crippen molar-refractivity contribution in [1.29, 1.82) is 0 Å². The van der Waals surface area contributed by atoms with E-state index in [9.17, 15) is 53.1 Å². The Labute approximate surface area is 621 Å². The Morgan fingerprint density at radius 2 is 1.36 bits per heavy atom. The maximum atomic E-state index is 14.4. The highest BCUT2D eigenvalue weighted by Gasteiger charge is 2.42. The Morgan fingerprint density at radius 3 is 2.05 bits per heavy atom. The first-order valence-electron chi connectivity index (χ1n) is 36.2. The van der Waals surface area contributed by atoms with Crippen LogP contribution in [0.25, 0.3) is 33.9 Å². The van der Waals surface area contributed by atoms with Crippen LogP contribution in [0.5, 0.6) is 5.75 Å². The number of hydrogen-bond acceptors (Lipinski definition) is 19. The van der Waals surface area contributed by atoms with E-state index in [1.54, 1.807) is 69.2 Å². The summed E-state index contributed by atoms with van der Waals surface area (Å²) in [6.07, 6.45) is 2.94. The van der Waals surface area contributed by atoms with E-state index in [-0.39, 0.29) is 134 Å². The topological polar surface area (TPSA) is 387 Å². The van der Waals surface area contributed by atoms with Gasteiger partial charge in [-0.15, -0.1) is 0 Å². The van der Waals surface area contributed by atoms with Crippen LogP contribution in [-0.2, 0) is 100 Å². The van der Waals surface area contributed by atoms with Gasteiger partial charge in [0.2, 0.25) is 29.5 Å². The number of aromatic nitrogens is 2. The van der Waals surface area contributed by atoms with Crippen molar-refractivity contribution in [1.82, 2.24) is 41.5 Å². The van der Waals surface area contributed by atoms with Crippen molar-refractivity contribution < 1.29 is 81.4 Å². The third-order valence-electron chi connectivity index (χ3n) is 18.3. The van der Waals surface area contributed by atoms with Crippen molar-refractivity contribution in [3.8, 4) is 17.1 Å². The van der Waals surface area contributed by atoms with Crippen molar-refractivity contribution in [3.63, 3.8) is 0 Å². The number of allylic oxidation sites excluding steroid dienone is 1. The number of nitrogens with one attached hydrogen (secondary N) is 7. The lowest BCUT2D eigenvalue weighted by molar-refractivity contribution is -0.143. The van der Waals surface area contributed by atoms with Gasteiger partial charge in [0.1, 0.15) is 31.0 Å². The lowest BCUT2D eigenvalue weighted by atomic mass is 9.86. The van der Waals surface area contributed by atoms with Gasteiger partial charge in [0.25, 0.3) is 11.5 Å². The normalized spacial score (nSPS) is 13.7. The number of esters is 1. The lowest BCUT2D eigenvalue weighted by Crippen LogP contribution is -2.54. The number of rotatable bonds is 41. The molecule has 0 fully saturated rings. The van der Waals surface area contributed by atoms with E-state index in [2.05, 4.69) is 56.3 Å². The minimum absolute atomic E-state index is 0.0395. The Hall–Kier alpha value is -10.6. The third kappa shape index (κ3) is 23.0. The number of urea groups is 1. The van der Waals surface area contributed by atoms with E-state index in [4.69, 9.17) is 43.9 Å². The van der Waals surface area contributed by atoms with E-state index in [0.717, 1.165) is 45.3 Å². The van der Waals surface area contributed by atoms with Crippen LogP contribution in [0.4, 0.5) is 21.0 Å². The van der Waals surface area contributed by atoms with Crippen LogP contribution in [0.2, 0.25) is 0 Å². The van der Waals surface area contributed by atoms with Gasteiger partial charge in [-0.2, -0.15) is 0 Å². The molecule has 9 amide bonds. The van der Waals surface area contributed by atoms with Gasteiger partial charge in [-0.3, -0.25) is 38.4 Å². The SMILES string of the molecule is CC/C1=C/c2ccccc2N(C(=O)CCC(=O)NCCOCCOCCOCCOCCC(=O)N[C@H](C(=O)N[C@@H](CCCNC(N)=O)C(=O)Nc2ccc(COC(=O)NCCNC(=O)[C@](O)(CC)c3cc4n(c(=O)c3COC(C)=O)Cc3c-4nc4ccc(OC)cc4c3CC)cc2)C(C)C)Cc2ccccc21. The lowest BCUT2D eigenvalue weighted by Gasteiger charge is -2.29. The number of carbonyl (C=O) groups is 9. The molecule has 0 spiro atoms. The first-order chi connectivity index (χ1) is 51.6. The number of anilines is 2. The van der Waals surface area contributed by atoms with Gasteiger partial charge in [0.15, 0.2) is 5.60 Å². The van der Waals surface area contributed by atoms with Gasteiger partial charge in [0, 0.05) is 74.6 Å². The van der Waals surface area contributed by atoms with Crippen LogP contribution in [0.15, 0.2) is 102 Å². The van der Waals surface area contributed by atoms with Crippen molar-refractivity contribution >= 4 is 87.5 Å². The Kier molecular flexibility index (Phi) is 31.3. The summed E-state index contributed by atoms with van der Waals surface area (Å²) in [5.41, 5.74) is 11.6. The number of benzene rings is 4. The molecule has 574 valence electrons. The standard InChI is InChI=1S/C78H99N11O18/c1-8-52-42-53-16-12-14-20-65(53)88(45-54-17-11-13-18-58(52)54)69(93)28-27-67(91)80-33-35-103-37-39-105-41-40-104-38-36-102-34-29-68(92)87-70(49(4)5)73(95)86-64(19-15-30-82-76(79)98)72(94)84-55-23-21-51(22-24-55)47-107-77(99)83-32-31-81-75(97)78(100,10-3)62-44-66-71-60(46-89(66)74(96)61(62)48-106-50(6)90)57(9-2)59-43-56(101-7)25-26-63(59)85-71/h11-14,16-18,20-26,42-44,49,64,70,100H,8-10,15,19,27-41,45-48H2,1-7H3,(H,80,91)(H,81,97)(H,83,99)(H,84,94)(H,86,95)(H,87,92)(H3,79,82,98)/b52-42-/t64-,70-,78-/m0/s1. The van der Waals surface area contributed by atoms with Crippen LogP contribution in [0, 0.1) is 5.92 Å². The Bertz CT molecular complexity index is 4220. The number of amides is 9. The fourth-order valence-electron chi connectivity index (χ4n) is 12.5. The molecule has 0 saturated carbocycles. The van der Waals surface area contributed by atoms with Crippen LogP contribution in [0.3, 0.4) is 0 Å². The molecule has 0 aliphatic carbocycles. The first-order valence-corrected chi connectivity index (χ1v) is 36.2. The minimum atomic E-state index is -2.29. The molecule has 29 heteroatoms. The molecule has 0 unspecified atom stereocenters. The summed E-state index contributed by atoms with van der Waals surface area (Å²) >= 11 is 0. The number of pyridine rings is 2. The molecule has 0 saturated heterocycles. The second kappa shape index (κ2) is 40.8. The smallest absolute Gasteiger partial charge is 0.407 e. The number of ether oxygens (including phenoxy) is 7. The van der Waals surface area contributed by atoms with Gasteiger partial charge in [0.05, 0.1) is 101 Å². The number of nitrogens with zero attached hydrogens (tertiary/aromatic N) is 3. The maximum absolute atomic E-state index is 14.4. The summed E-state index contributed by atoms with van der Waals surface area (Å²) in [6, 6.07) is 26.4. The summed E-state index contributed by atoms with van der Waals surface area (Å²) in [4.78, 5) is 138. The van der Waals surface area contributed by atoms with Crippen molar-refractivity contribution in [3.05, 3.63) is 152 Å². The van der Waals surface area contributed by atoms with Gasteiger partial charge in [-0.05, 0) is 120 Å². The summed E-state index contributed by atoms with van der Waals surface area (Å²) < 4.78 is 40.0. The number of para-hydroxylation sites is 1. The highest BCUT2D eigenvalue weighted by molar-refractivity contribution is 6.01. The van der Waals surface area contributed by atoms with Gasteiger partial charge < -0.3 is 90.7 Å². The van der Waals surface area contributed by atoms with Crippen LogP contribution >= 0.6 is 0 Å². The number of primary amides is 1. The Morgan fingerprint density at radius 1 is 0.673 bits per heavy atom. The summed E-state index contributed by atoms with van der Waals surface area (Å²) in [7, 11) is 1.57. The zero-order valence-corrected chi connectivity index (χ0v) is 61.8. The second-order valence-corrected chi connectivity index (χ2v) is 26.0. The number of carbonyl (C=O) groups excluding carboxylic acids is 9. The molecule has 29 nitrogen and oxygen atoms in total. The predicted octanol–water partition coefficient (Wildman–Crippen LogP) is 6.56. The fraction of sp³-hybridized carbons (Fsp3) is 0.449. The third-order valence-corrected chi connectivity index (χ3v) is 18.3. The van der Waals surface area contributed by atoms with Crippen LogP contribution in [0.1, 0.15) is 131 Å². The number of fused-ring (bicyclic) bond motifs is 6. The van der Waals surface area contributed by atoms with E-state index < -0.39 is 77.5 Å². The largest absolute Gasteiger partial charge is 0.497 e. The summed E-state index contributed by atoms with van der Waals surface area (Å²) in [5.74, 6) is -3.34. The zero-order chi connectivity index (χ0) is 77.0. The maximum Gasteiger partial charge on any atom is 0.407 e. The molecule has 2 aliphatic heterocycles. The highest BCUT2D eigenvalue weighted by atomic mass is 16.6. The zero-order valence-electron chi connectivity index (χ0n) is 61.8. The number of nitrogens with two attached hydrogens (primary N) is 1. The molecule has 107 heavy (non-hydrogen) atoms. The van der Waals surface area contributed by atoms with Gasteiger partial charge in [-0.1, -0.05) is 89.2 Å². The number of alkyl carbamates (subject to hydrolysis) is 1. The number of aliphatic hydroxyl groups is 1. The van der Waals surface area contributed by atoms with E-state index in [1.165, 1.54) is 17.1 Å². The molecular formula is C78H99N11O18. The molecule has 4 heterocycles. The van der Waals surface area contributed by atoms with E-state index in [0.29, 0.717) is 66.7 Å². The molecule has 8 rings (SSSR count). The number of methoxy groups -OCH3 is 1. The van der Waals surface area contributed by atoms with Crippen LogP contribution < -0.4 is 58.1 Å². The molecule has 10 N–H and O–H groups in total. The first kappa shape index (κ1) is 82.1. The minimum Gasteiger partial charge on any atom is -0.497 e. The molecule has 4 aromatic carbocycles. The molecule has 3 atom stereocenters. The average Bonchev–Trinajstić information content (AvgIpc) is 1.58. The molecule has 6 aromatic rings. The van der Waals surface area contributed by atoms with E-state index in [1.807, 2.05) is 61.5 Å². The molecule has 2 aromatic heterocycles. The molecule has 2 aliphatic rings.